The molecule has 2 N–H and O–H groups in total. The van der Waals surface area contributed by atoms with E-state index in [1.807, 2.05) is 0 Å². The second-order valence-electron chi connectivity index (χ2n) is 4.20. The van der Waals surface area contributed by atoms with Crippen molar-refractivity contribution in [1.82, 2.24) is 4.72 Å². The Morgan fingerprint density at radius 2 is 2.06 bits per heavy atom. The van der Waals surface area contributed by atoms with Gasteiger partial charge in [0.25, 0.3) is 10.0 Å². The number of hydrogen-bond acceptors (Lipinski definition) is 4. The lowest BCUT2D eigenvalue weighted by molar-refractivity contribution is -0.140. The summed E-state index contributed by atoms with van der Waals surface area (Å²) >= 11 is 4.30. The fraction of sp³-hybridized carbons (Fsp3) is 0.500. The van der Waals surface area contributed by atoms with E-state index in [-0.39, 0.29) is 10.1 Å². The Hall–Kier alpha value is -0.440. The lowest BCUT2D eigenvalue weighted by Gasteiger charge is -2.17. The zero-order chi connectivity index (χ0) is 14.1. The second kappa shape index (κ2) is 5.68. The predicted molar refractivity (Wildman–Crippen MR) is 73.3 cm³/mol. The molecule has 0 aromatic carbocycles. The van der Waals surface area contributed by atoms with Gasteiger partial charge in [-0.15, -0.1) is 11.3 Å². The fourth-order valence-electron chi connectivity index (χ4n) is 1.26. The average Bonchev–Trinajstić information content (AvgIpc) is 2.56. The van der Waals surface area contributed by atoms with Crippen molar-refractivity contribution in [2.45, 2.75) is 31.0 Å². The molecule has 0 unspecified atom stereocenters. The minimum atomic E-state index is -3.79. The van der Waals surface area contributed by atoms with Crippen LogP contribution in [0.25, 0.3) is 0 Å². The standard InChI is InChI=1S/C10H14BrNO4S2/c1-5(2)8(10(13)14)12-18(15,16)7-4-6(3)9(11)17-7/h4-5,8,12H,1-3H3,(H,13,14)/t8-/m0/s1. The molecule has 0 aliphatic rings. The van der Waals surface area contributed by atoms with E-state index in [0.717, 1.165) is 20.7 Å². The number of nitrogens with one attached hydrogen (secondary N) is 1. The van der Waals surface area contributed by atoms with Gasteiger partial charge in [0, 0.05) is 0 Å². The Labute approximate surface area is 118 Å². The summed E-state index contributed by atoms with van der Waals surface area (Å²) in [6.45, 7) is 5.07. The van der Waals surface area contributed by atoms with Gasteiger partial charge in [0.1, 0.15) is 10.3 Å². The van der Waals surface area contributed by atoms with Crippen LogP contribution >= 0.6 is 27.3 Å². The Balaban J connectivity index is 3.04. The van der Waals surface area contributed by atoms with Crippen molar-refractivity contribution in [2.24, 2.45) is 5.92 Å². The molecule has 102 valence electrons. The normalized spacial score (nSPS) is 13.8. The Bertz CT molecular complexity index is 531. The summed E-state index contributed by atoms with van der Waals surface area (Å²) in [7, 11) is -3.79. The van der Waals surface area contributed by atoms with E-state index >= 15 is 0 Å². The highest BCUT2D eigenvalue weighted by molar-refractivity contribution is 9.11. The molecule has 1 heterocycles. The van der Waals surface area contributed by atoms with E-state index in [4.69, 9.17) is 5.11 Å². The third-order valence-corrected chi connectivity index (χ3v) is 6.37. The number of carboxylic acids is 1. The summed E-state index contributed by atoms with van der Waals surface area (Å²) in [5.74, 6) is -1.51. The molecule has 0 aliphatic carbocycles. The molecule has 0 aliphatic heterocycles. The van der Waals surface area contributed by atoms with Crippen LogP contribution < -0.4 is 4.72 Å². The minimum Gasteiger partial charge on any atom is -0.480 e. The zero-order valence-corrected chi connectivity index (χ0v) is 13.3. The number of carbonyl (C=O) groups is 1. The van der Waals surface area contributed by atoms with Crippen LogP contribution in [0, 0.1) is 12.8 Å². The van der Waals surface area contributed by atoms with Crippen LogP contribution in [0.3, 0.4) is 0 Å². The number of hydrogen-bond donors (Lipinski definition) is 2. The van der Waals surface area contributed by atoms with Crippen molar-refractivity contribution < 1.29 is 18.3 Å². The van der Waals surface area contributed by atoms with Crippen molar-refractivity contribution in [3.8, 4) is 0 Å². The quantitative estimate of drug-likeness (QED) is 0.847. The first-order valence-electron chi connectivity index (χ1n) is 5.16. The van der Waals surface area contributed by atoms with Gasteiger partial charge in [-0.3, -0.25) is 4.79 Å². The summed E-state index contributed by atoms with van der Waals surface area (Å²) in [4.78, 5) is 11.0. The van der Waals surface area contributed by atoms with Gasteiger partial charge in [0.15, 0.2) is 0 Å². The molecule has 1 aromatic heterocycles. The molecule has 0 amide bonds. The van der Waals surface area contributed by atoms with Crippen LogP contribution in [0.15, 0.2) is 14.1 Å². The predicted octanol–water partition coefficient (Wildman–Crippen LogP) is 2.21. The molecule has 0 spiro atoms. The van der Waals surface area contributed by atoms with E-state index in [1.165, 1.54) is 6.07 Å². The van der Waals surface area contributed by atoms with E-state index in [9.17, 15) is 13.2 Å². The molecule has 0 bridgehead atoms. The van der Waals surface area contributed by atoms with Crippen molar-refractivity contribution in [1.29, 1.82) is 0 Å². The van der Waals surface area contributed by atoms with E-state index in [1.54, 1.807) is 20.8 Å². The van der Waals surface area contributed by atoms with Crippen LogP contribution in [0.5, 0.6) is 0 Å². The van der Waals surface area contributed by atoms with E-state index in [0.29, 0.717) is 0 Å². The maximum absolute atomic E-state index is 12.0. The molecule has 1 atom stereocenters. The van der Waals surface area contributed by atoms with E-state index in [2.05, 4.69) is 20.7 Å². The van der Waals surface area contributed by atoms with Gasteiger partial charge >= 0.3 is 5.97 Å². The third kappa shape index (κ3) is 3.53. The molecule has 0 saturated carbocycles. The number of halogens is 1. The molecule has 8 heteroatoms. The molecule has 0 fully saturated rings. The minimum absolute atomic E-state index is 0.110. The Morgan fingerprint density at radius 1 is 1.50 bits per heavy atom. The monoisotopic (exact) mass is 355 g/mol. The Morgan fingerprint density at radius 3 is 2.39 bits per heavy atom. The zero-order valence-electron chi connectivity index (χ0n) is 10.1. The van der Waals surface area contributed by atoms with Crippen molar-refractivity contribution in [3.63, 3.8) is 0 Å². The van der Waals surface area contributed by atoms with Crippen molar-refractivity contribution >= 4 is 43.3 Å². The van der Waals surface area contributed by atoms with Crippen LogP contribution in [-0.4, -0.2) is 25.5 Å². The van der Waals surface area contributed by atoms with Gasteiger partial charge in [0.2, 0.25) is 0 Å². The lowest BCUT2D eigenvalue weighted by Crippen LogP contribution is -2.43. The van der Waals surface area contributed by atoms with Crippen molar-refractivity contribution in [3.05, 3.63) is 15.4 Å². The maximum atomic E-state index is 12.0. The van der Waals surface area contributed by atoms with Gasteiger partial charge < -0.3 is 5.11 Å². The van der Waals surface area contributed by atoms with Crippen molar-refractivity contribution in [2.75, 3.05) is 0 Å². The number of sulfonamides is 1. The van der Waals surface area contributed by atoms with Crippen LogP contribution in [-0.2, 0) is 14.8 Å². The average molecular weight is 356 g/mol. The van der Waals surface area contributed by atoms with Crippen LogP contribution in [0.1, 0.15) is 19.4 Å². The summed E-state index contributed by atoms with van der Waals surface area (Å²) in [5, 5.41) is 8.98. The number of rotatable bonds is 5. The fourth-order valence-corrected chi connectivity index (χ4v) is 4.84. The van der Waals surface area contributed by atoms with Gasteiger partial charge in [-0.1, -0.05) is 13.8 Å². The number of carboxylic acid groups (broad SMARTS) is 1. The van der Waals surface area contributed by atoms with Crippen LogP contribution in [0.2, 0.25) is 0 Å². The highest BCUT2D eigenvalue weighted by Gasteiger charge is 2.29. The molecule has 18 heavy (non-hydrogen) atoms. The molecular weight excluding hydrogens is 342 g/mol. The molecular formula is C10H14BrNO4S2. The van der Waals surface area contributed by atoms with Gasteiger partial charge in [0.05, 0.1) is 3.79 Å². The summed E-state index contributed by atoms with van der Waals surface area (Å²) in [5.41, 5.74) is 0.803. The number of aliphatic carboxylic acids is 1. The summed E-state index contributed by atoms with van der Waals surface area (Å²) in [6.07, 6.45) is 0. The number of thiophene rings is 1. The molecule has 5 nitrogen and oxygen atoms in total. The highest BCUT2D eigenvalue weighted by atomic mass is 79.9. The molecule has 1 aromatic rings. The SMILES string of the molecule is Cc1cc(S(=O)(=O)N[C@H](C(=O)O)C(C)C)sc1Br. The topological polar surface area (TPSA) is 83.5 Å². The third-order valence-electron chi connectivity index (χ3n) is 2.31. The van der Waals surface area contributed by atoms with Gasteiger partial charge in [-0.05, 0) is 40.4 Å². The second-order valence-corrected chi connectivity index (χ2v) is 8.51. The van der Waals surface area contributed by atoms with Gasteiger partial charge in [-0.25, -0.2) is 8.42 Å². The largest absolute Gasteiger partial charge is 0.480 e. The van der Waals surface area contributed by atoms with Gasteiger partial charge in [-0.2, -0.15) is 4.72 Å². The smallest absolute Gasteiger partial charge is 0.322 e. The molecule has 0 saturated heterocycles. The first-order valence-corrected chi connectivity index (χ1v) is 8.25. The highest BCUT2D eigenvalue weighted by Crippen LogP contribution is 2.30. The Kier molecular flexibility index (Phi) is 4.93. The van der Waals surface area contributed by atoms with E-state index < -0.39 is 22.0 Å². The summed E-state index contributed by atoms with van der Waals surface area (Å²) < 4.78 is 27.1. The molecule has 1 rings (SSSR count). The van der Waals surface area contributed by atoms with Crippen LogP contribution in [0.4, 0.5) is 0 Å². The number of aryl methyl sites for hydroxylation is 1. The maximum Gasteiger partial charge on any atom is 0.322 e. The first kappa shape index (κ1) is 15.6. The summed E-state index contributed by atoms with van der Waals surface area (Å²) in [6, 6.07) is 0.382. The molecule has 0 radical (unpaired) electrons. The first-order chi connectivity index (χ1) is 8.15. The lowest BCUT2D eigenvalue weighted by atomic mass is 10.1.